The van der Waals surface area contributed by atoms with Crippen molar-refractivity contribution in [3.63, 3.8) is 0 Å². The second-order valence-corrected chi connectivity index (χ2v) is 6.27. The number of esters is 1. The molecule has 0 bridgehead atoms. The molecule has 1 aliphatic rings. The summed E-state index contributed by atoms with van der Waals surface area (Å²) in [4.78, 5) is 22.4. The SMILES string of the molecule is CCOC(=O)COc1c(F)cc(Br)cc1C=NN=C1NC(=O)CS1. The van der Waals surface area contributed by atoms with Crippen molar-refractivity contribution in [3.8, 4) is 5.75 Å². The maximum absolute atomic E-state index is 14.1. The van der Waals surface area contributed by atoms with Crippen molar-refractivity contribution in [2.75, 3.05) is 19.0 Å². The lowest BCUT2D eigenvalue weighted by Gasteiger charge is -2.10. The summed E-state index contributed by atoms with van der Waals surface area (Å²) in [5.74, 6) is -1.27. The maximum Gasteiger partial charge on any atom is 0.344 e. The molecule has 2 rings (SSSR count). The quantitative estimate of drug-likeness (QED) is 0.434. The number of amides is 1. The lowest BCUT2D eigenvalue weighted by molar-refractivity contribution is -0.145. The minimum atomic E-state index is -0.661. The Morgan fingerprint density at radius 3 is 3.00 bits per heavy atom. The average Bonchev–Trinajstić information content (AvgIpc) is 2.92. The van der Waals surface area contributed by atoms with Gasteiger partial charge in [-0.15, -0.1) is 5.10 Å². The van der Waals surface area contributed by atoms with Gasteiger partial charge in [-0.1, -0.05) is 27.7 Å². The summed E-state index contributed by atoms with van der Waals surface area (Å²) in [7, 11) is 0. The first-order valence-electron chi connectivity index (χ1n) is 6.80. The Morgan fingerprint density at radius 1 is 1.54 bits per heavy atom. The van der Waals surface area contributed by atoms with Crippen LogP contribution < -0.4 is 10.1 Å². The van der Waals surface area contributed by atoms with E-state index in [1.165, 1.54) is 24.0 Å². The Balaban J connectivity index is 2.15. The molecule has 1 heterocycles. The fourth-order valence-corrected chi connectivity index (χ4v) is 2.76. The lowest BCUT2D eigenvalue weighted by Crippen LogP contribution is -2.19. The van der Waals surface area contributed by atoms with Crippen molar-refractivity contribution in [2.24, 2.45) is 10.2 Å². The molecule has 128 valence electrons. The third-order valence-electron chi connectivity index (χ3n) is 2.61. The fraction of sp³-hybridized carbons (Fsp3) is 0.286. The van der Waals surface area contributed by atoms with E-state index in [-0.39, 0.29) is 29.6 Å². The molecule has 1 aromatic carbocycles. The van der Waals surface area contributed by atoms with Gasteiger partial charge in [0.05, 0.1) is 18.6 Å². The van der Waals surface area contributed by atoms with Gasteiger partial charge in [-0.25, -0.2) is 9.18 Å². The number of benzene rings is 1. The van der Waals surface area contributed by atoms with E-state index in [0.717, 1.165) is 0 Å². The third kappa shape index (κ3) is 5.31. The van der Waals surface area contributed by atoms with Gasteiger partial charge in [0.2, 0.25) is 5.91 Å². The Hall–Kier alpha value is -1.94. The second kappa shape index (κ2) is 8.78. The van der Waals surface area contributed by atoms with Crippen LogP contribution in [0.15, 0.2) is 26.8 Å². The minimum Gasteiger partial charge on any atom is -0.478 e. The molecule has 0 saturated carbocycles. The van der Waals surface area contributed by atoms with Crippen molar-refractivity contribution in [2.45, 2.75) is 6.92 Å². The molecule has 0 aliphatic carbocycles. The van der Waals surface area contributed by atoms with Crippen LogP contribution in [0.1, 0.15) is 12.5 Å². The molecule has 1 N–H and O–H groups in total. The van der Waals surface area contributed by atoms with E-state index in [1.54, 1.807) is 13.0 Å². The summed E-state index contributed by atoms with van der Waals surface area (Å²) in [5.41, 5.74) is 0.282. The van der Waals surface area contributed by atoms with Crippen molar-refractivity contribution < 1.29 is 23.5 Å². The van der Waals surface area contributed by atoms with Gasteiger partial charge in [0.25, 0.3) is 0 Å². The van der Waals surface area contributed by atoms with Crippen LogP contribution in [0.2, 0.25) is 0 Å². The van der Waals surface area contributed by atoms with Gasteiger partial charge in [-0.05, 0) is 19.1 Å². The Labute approximate surface area is 149 Å². The van der Waals surface area contributed by atoms with Crippen LogP contribution in [0.5, 0.6) is 5.75 Å². The summed E-state index contributed by atoms with van der Waals surface area (Å²) in [6.45, 7) is 1.45. The van der Waals surface area contributed by atoms with Crippen LogP contribution >= 0.6 is 27.7 Å². The number of thioether (sulfide) groups is 1. The topological polar surface area (TPSA) is 89.3 Å². The molecular weight excluding hydrogens is 405 g/mol. The Morgan fingerprint density at radius 2 is 2.33 bits per heavy atom. The predicted molar refractivity (Wildman–Crippen MR) is 91.9 cm³/mol. The number of nitrogens with zero attached hydrogens (tertiary/aromatic N) is 2. The molecule has 1 saturated heterocycles. The highest BCUT2D eigenvalue weighted by Gasteiger charge is 2.16. The lowest BCUT2D eigenvalue weighted by atomic mass is 10.2. The zero-order valence-corrected chi connectivity index (χ0v) is 14.9. The predicted octanol–water partition coefficient (Wildman–Crippen LogP) is 2.08. The monoisotopic (exact) mass is 417 g/mol. The fourth-order valence-electron chi connectivity index (χ4n) is 1.68. The highest BCUT2D eigenvalue weighted by Crippen LogP contribution is 2.26. The number of ether oxygens (including phenoxy) is 2. The van der Waals surface area contributed by atoms with Crippen LogP contribution in [0.25, 0.3) is 0 Å². The molecule has 24 heavy (non-hydrogen) atoms. The Kier molecular flexibility index (Phi) is 6.73. The van der Waals surface area contributed by atoms with Gasteiger partial charge in [0.15, 0.2) is 23.3 Å². The van der Waals surface area contributed by atoms with Gasteiger partial charge in [-0.2, -0.15) is 5.10 Å². The molecule has 0 unspecified atom stereocenters. The van der Waals surface area contributed by atoms with Gasteiger partial charge in [-0.3, -0.25) is 4.79 Å². The Bertz CT molecular complexity index is 712. The number of carbonyl (C=O) groups is 2. The standard InChI is InChI=1S/C14H13BrFN3O4S/c1-2-22-12(21)6-23-13-8(3-9(15)4-10(13)16)5-17-19-14-18-11(20)7-24-14/h3-5H,2,6-7H2,1H3,(H,18,19,20). The largest absolute Gasteiger partial charge is 0.478 e. The summed E-state index contributed by atoms with van der Waals surface area (Å²) in [6, 6.07) is 2.77. The molecule has 1 amide bonds. The number of hydrogen-bond acceptors (Lipinski definition) is 7. The van der Waals surface area contributed by atoms with E-state index in [1.807, 2.05) is 0 Å². The first kappa shape index (κ1) is 18.4. The van der Waals surface area contributed by atoms with E-state index in [9.17, 15) is 14.0 Å². The van der Waals surface area contributed by atoms with E-state index in [4.69, 9.17) is 9.47 Å². The molecule has 0 atom stereocenters. The van der Waals surface area contributed by atoms with Gasteiger partial charge in [0.1, 0.15) is 0 Å². The van der Waals surface area contributed by atoms with Crippen molar-refractivity contribution in [1.82, 2.24) is 5.32 Å². The number of nitrogens with one attached hydrogen (secondary N) is 1. The number of halogens is 2. The molecule has 0 spiro atoms. The van der Waals surface area contributed by atoms with Crippen LogP contribution in [0.4, 0.5) is 4.39 Å². The van der Waals surface area contributed by atoms with Crippen molar-refractivity contribution in [3.05, 3.63) is 28.0 Å². The highest BCUT2D eigenvalue weighted by molar-refractivity contribution is 9.10. The number of rotatable bonds is 6. The van der Waals surface area contributed by atoms with Gasteiger partial charge >= 0.3 is 5.97 Å². The second-order valence-electron chi connectivity index (χ2n) is 4.39. The molecule has 1 aromatic rings. The summed E-state index contributed by atoms with van der Waals surface area (Å²) >= 11 is 4.39. The summed E-state index contributed by atoms with van der Waals surface area (Å²) in [5, 5.41) is 10.5. The molecule has 0 aromatic heterocycles. The third-order valence-corrected chi connectivity index (χ3v) is 3.93. The van der Waals surface area contributed by atoms with E-state index < -0.39 is 18.4 Å². The van der Waals surface area contributed by atoms with E-state index >= 15 is 0 Å². The molecule has 7 nitrogen and oxygen atoms in total. The molecule has 1 aliphatic heterocycles. The van der Waals surface area contributed by atoms with Gasteiger partial charge in [0, 0.05) is 10.0 Å². The van der Waals surface area contributed by atoms with Crippen LogP contribution in [-0.4, -0.2) is 42.2 Å². The first-order valence-corrected chi connectivity index (χ1v) is 8.58. The number of hydrogen-bond donors (Lipinski definition) is 1. The first-order chi connectivity index (χ1) is 11.5. The molecular formula is C14H13BrFN3O4S. The van der Waals surface area contributed by atoms with Crippen LogP contribution in [-0.2, 0) is 14.3 Å². The smallest absolute Gasteiger partial charge is 0.344 e. The van der Waals surface area contributed by atoms with Crippen LogP contribution in [0, 0.1) is 5.82 Å². The highest BCUT2D eigenvalue weighted by atomic mass is 79.9. The molecule has 0 radical (unpaired) electrons. The van der Waals surface area contributed by atoms with E-state index in [2.05, 4.69) is 31.4 Å². The summed E-state index contributed by atoms with van der Waals surface area (Å²) < 4.78 is 24.5. The zero-order chi connectivity index (χ0) is 17.5. The average molecular weight is 418 g/mol. The van der Waals surface area contributed by atoms with Crippen molar-refractivity contribution >= 4 is 51.0 Å². The van der Waals surface area contributed by atoms with E-state index in [0.29, 0.717) is 9.64 Å². The molecule has 10 heteroatoms. The number of amidine groups is 1. The summed E-state index contributed by atoms with van der Waals surface area (Å²) in [6.07, 6.45) is 1.27. The minimum absolute atomic E-state index is 0.140. The zero-order valence-electron chi connectivity index (χ0n) is 12.5. The maximum atomic E-state index is 14.1. The normalized spacial score (nSPS) is 15.8. The number of carbonyl (C=O) groups excluding carboxylic acids is 2. The van der Waals surface area contributed by atoms with Crippen molar-refractivity contribution in [1.29, 1.82) is 0 Å². The van der Waals surface area contributed by atoms with Crippen LogP contribution in [0.3, 0.4) is 0 Å². The molecule has 1 fully saturated rings. The van der Waals surface area contributed by atoms with Gasteiger partial charge < -0.3 is 14.8 Å².